The van der Waals surface area contributed by atoms with Crippen molar-refractivity contribution in [3.63, 3.8) is 0 Å². The maximum Gasteiger partial charge on any atom is 0.335 e. The van der Waals surface area contributed by atoms with Crippen molar-refractivity contribution >= 4 is 56.5 Å². The number of nitrogens with zero attached hydrogens (tertiary/aromatic N) is 1. The van der Waals surface area contributed by atoms with Crippen LogP contribution in [0.15, 0.2) is 50.8 Å². The molecule has 1 saturated heterocycles. The molecule has 0 atom stereocenters. The molecule has 7 nitrogen and oxygen atoms in total. The molecule has 0 spiro atoms. The van der Waals surface area contributed by atoms with Crippen LogP contribution in [0.5, 0.6) is 11.5 Å². The molecule has 28 heavy (non-hydrogen) atoms. The van der Waals surface area contributed by atoms with Gasteiger partial charge in [-0.25, -0.2) is 9.79 Å². The number of benzene rings is 2. The quantitative estimate of drug-likeness (QED) is 0.650. The van der Waals surface area contributed by atoms with E-state index in [1.165, 1.54) is 31.0 Å². The van der Waals surface area contributed by atoms with Crippen LogP contribution < -0.4 is 14.8 Å². The first-order valence-corrected chi connectivity index (χ1v) is 9.56. The van der Waals surface area contributed by atoms with Crippen LogP contribution in [0, 0.1) is 0 Å². The van der Waals surface area contributed by atoms with Gasteiger partial charge in [0.05, 0.1) is 34.8 Å². The summed E-state index contributed by atoms with van der Waals surface area (Å²) in [6.45, 7) is 0. The van der Waals surface area contributed by atoms with E-state index in [1.807, 2.05) is 6.07 Å². The van der Waals surface area contributed by atoms with Crippen LogP contribution in [0.2, 0.25) is 0 Å². The second-order valence-electron chi connectivity index (χ2n) is 5.58. The number of ether oxygens (including phenoxy) is 2. The summed E-state index contributed by atoms with van der Waals surface area (Å²) in [4.78, 5) is 28.1. The molecule has 1 heterocycles. The zero-order chi connectivity index (χ0) is 20.3. The summed E-state index contributed by atoms with van der Waals surface area (Å²) >= 11 is 4.59. The van der Waals surface area contributed by atoms with E-state index in [0.29, 0.717) is 31.7 Å². The van der Waals surface area contributed by atoms with Gasteiger partial charge in [0.2, 0.25) is 0 Å². The van der Waals surface area contributed by atoms with Gasteiger partial charge in [-0.2, -0.15) is 0 Å². The highest BCUT2D eigenvalue weighted by Crippen LogP contribution is 2.38. The molecule has 1 aliphatic heterocycles. The molecule has 1 amide bonds. The standard InChI is InChI=1S/C19H15BrN2O5S/c1-26-14-7-10(6-13(20)16(14)27-2)8-15-17(23)22-19(28-15)21-12-5-3-4-11(9-12)18(24)25/h3-9H,1-2H3,(H,24,25)(H,21,22,23)/b15-8+. The van der Waals surface area contributed by atoms with Crippen molar-refractivity contribution in [1.29, 1.82) is 0 Å². The predicted octanol–water partition coefficient (Wildman–Crippen LogP) is 4.06. The molecule has 0 saturated carbocycles. The smallest absolute Gasteiger partial charge is 0.335 e. The monoisotopic (exact) mass is 462 g/mol. The van der Waals surface area contributed by atoms with E-state index in [0.717, 1.165) is 5.56 Å². The lowest BCUT2D eigenvalue weighted by Crippen LogP contribution is -2.19. The molecule has 0 aliphatic carbocycles. The van der Waals surface area contributed by atoms with Gasteiger partial charge in [-0.3, -0.25) is 4.79 Å². The average Bonchev–Trinajstić information content (AvgIpc) is 3.00. The number of carbonyl (C=O) groups is 2. The van der Waals surface area contributed by atoms with Gasteiger partial charge in [0.25, 0.3) is 5.91 Å². The fourth-order valence-electron chi connectivity index (χ4n) is 2.48. The van der Waals surface area contributed by atoms with Gasteiger partial charge in [0, 0.05) is 0 Å². The van der Waals surface area contributed by atoms with E-state index in [2.05, 4.69) is 26.2 Å². The van der Waals surface area contributed by atoms with E-state index in [1.54, 1.807) is 31.4 Å². The van der Waals surface area contributed by atoms with E-state index in [4.69, 9.17) is 14.6 Å². The van der Waals surface area contributed by atoms with Gasteiger partial charge in [0.15, 0.2) is 16.7 Å². The Morgan fingerprint density at radius 1 is 1.25 bits per heavy atom. The fourth-order valence-corrected chi connectivity index (χ4v) is 3.94. The number of halogens is 1. The Morgan fingerprint density at radius 3 is 2.71 bits per heavy atom. The normalized spacial score (nSPS) is 16.3. The topological polar surface area (TPSA) is 97.2 Å². The zero-order valence-electron chi connectivity index (χ0n) is 14.9. The van der Waals surface area contributed by atoms with Crippen LogP contribution in [0.3, 0.4) is 0 Å². The summed E-state index contributed by atoms with van der Waals surface area (Å²) in [5, 5.41) is 12.1. The van der Waals surface area contributed by atoms with E-state index >= 15 is 0 Å². The number of amides is 1. The van der Waals surface area contributed by atoms with Gasteiger partial charge in [-0.1, -0.05) is 6.07 Å². The Kier molecular flexibility index (Phi) is 6.05. The number of carboxylic acids is 1. The lowest BCUT2D eigenvalue weighted by molar-refractivity contribution is -0.115. The van der Waals surface area contributed by atoms with Gasteiger partial charge in [-0.05, 0) is 69.7 Å². The Hall–Kier alpha value is -2.78. The first-order chi connectivity index (χ1) is 13.4. The predicted molar refractivity (Wildman–Crippen MR) is 111 cm³/mol. The number of rotatable bonds is 5. The first-order valence-electron chi connectivity index (χ1n) is 7.95. The zero-order valence-corrected chi connectivity index (χ0v) is 17.3. The molecule has 0 radical (unpaired) electrons. The van der Waals surface area contributed by atoms with Crippen LogP contribution in [0.4, 0.5) is 5.69 Å². The molecule has 144 valence electrons. The molecule has 9 heteroatoms. The van der Waals surface area contributed by atoms with Crippen LogP contribution >= 0.6 is 27.7 Å². The van der Waals surface area contributed by atoms with Crippen molar-refractivity contribution in [1.82, 2.24) is 5.32 Å². The second kappa shape index (κ2) is 8.49. The molecule has 3 rings (SSSR count). The van der Waals surface area contributed by atoms with Gasteiger partial charge < -0.3 is 19.9 Å². The number of carbonyl (C=O) groups excluding carboxylic acids is 1. The van der Waals surface area contributed by atoms with Crippen molar-refractivity contribution in [3.8, 4) is 11.5 Å². The maximum absolute atomic E-state index is 12.3. The minimum Gasteiger partial charge on any atom is -0.493 e. The lowest BCUT2D eigenvalue weighted by Gasteiger charge is -2.10. The molecule has 2 aromatic rings. The summed E-state index contributed by atoms with van der Waals surface area (Å²) < 4.78 is 11.3. The number of amidine groups is 1. The number of thioether (sulfide) groups is 1. The van der Waals surface area contributed by atoms with Crippen LogP contribution in [-0.4, -0.2) is 36.4 Å². The minimum atomic E-state index is -1.04. The molecule has 0 aromatic heterocycles. The highest BCUT2D eigenvalue weighted by Gasteiger charge is 2.24. The first kappa shape index (κ1) is 20.0. The largest absolute Gasteiger partial charge is 0.493 e. The van der Waals surface area contributed by atoms with Gasteiger partial charge >= 0.3 is 5.97 Å². The molecule has 2 N–H and O–H groups in total. The van der Waals surface area contributed by atoms with Gasteiger partial charge in [0.1, 0.15) is 0 Å². The third-order valence-electron chi connectivity index (χ3n) is 3.73. The van der Waals surface area contributed by atoms with Crippen molar-refractivity contribution in [2.45, 2.75) is 0 Å². The minimum absolute atomic E-state index is 0.127. The number of carboxylic acid groups (broad SMARTS) is 1. The molecule has 0 bridgehead atoms. The molecule has 2 aromatic carbocycles. The molecule has 0 unspecified atom stereocenters. The number of hydrogen-bond donors (Lipinski definition) is 2. The summed E-state index contributed by atoms with van der Waals surface area (Å²) in [6.07, 6.45) is 1.71. The number of methoxy groups -OCH3 is 2. The molecular weight excluding hydrogens is 448 g/mol. The number of aliphatic imine (C=N–C) groups is 1. The Balaban J connectivity index is 1.88. The SMILES string of the molecule is COc1cc(/C=C2/SC(=Nc3cccc(C(=O)O)c3)NC2=O)cc(Br)c1OC. The highest BCUT2D eigenvalue weighted by atomic mass is 79.9. The van der Waals surface area contributed by atoms with E-state index in [9.17, 15) is 9.59 Å². The maximum atomic E-state index is 12.3. The Labute approximate surface area is 173 Å². The van der Waals surface area contributed by atoms with Crippen LogP contribution in [0.1, 0.15) is 15.9 Å². The summed E-state index contributed by atoms with van der Waals surface area (Å²) in [5.41, 5.74) is 1.32. The van der Waals surface area contributed by atoms with Crippen molar-refractivity contribution in [2.24, 2.45) is 4.99 Å². The summed E-state index contributed by atoms with van der Waals surface area (Å²) in [5.74, 6) is -0.228. The third-order valence-corrected chi connectivity index (χ3v) is 5.23. The fraction of sp³-hybridized carbons (Fsp3) is 0.105. The van der Waals surface area contributed by atoms with E-state index in [-0.39, 0.29) is 11.5 Å². The summed E-state index contributed by atoms with van der Waals surface area (Å²) in [7, 11) is 3.08. The summed E-state index contributed by atoms with van der Waals surface area (Å²) in [6, 6.07) is 9.76. The van der Waals surface area contributed by atoms with Gasteiger partial charge in [-0.15, -0.1) is 0 Å². The number of nitrogens with one attached hydrogen (secondary N) is 1. The Bertz CT molecular complexity index is 1020. The molecule has 1 fully saturated rings. The van der Waals surface area contributed by atoms with Crippen molar-refractivity contribution in [2.75, 3.05) is 14.2 Å². The van der Waals surface area contributed by atoms with E-state index < -0.39 is 5.97 Å². The third kappa shape index (κ3) is 4.37. The Morgan fingerprint density at radius 2 is 2.04 bits per heavy atom. The van der Waals surface area contributed by atoms with Crippen LogP contribution in [0.25, 0.3) is 6.08 Å². The molecule has 1 aliphatic rings. The lowest BCUT2D eigenvalue weighted by atomic mass is 10.2. The van der Waals surface area contributed by atoms with Crippen LogP contribution in [-0.2, 0) is 4.79 Å². The van der Waals surface area contributed by atoms with Crippen molar-refractivity contribution in [3.05, 3.63) is 56.9 Å². The number of hydrogen-bond acceptors (Lipinski definition) is 6. The van der Waals surface area contributed by atoms with Crippen molar-refractivity contribution < 1.29 is 24.2 Å². The average molecular weight is 463 g/mol. The molecular formula is C19H15BrN2O5S. The number of aromatic carboxylic acids is 1. The second-order valence-corrected chi connectivity index (χ2v) is 7.46. The highest BCUT2D eigenvalue weighted by molar-refractivity contribution is 9.10.